The highest BCUT2D eigenvalue weighted by atomic mass is 16.6. The van der Waals surface area contributed by atoms with Gasteiger partial charge in [0.05, 0.1) is 26.2 Å². The van der Waals surface area contributed by atoms with Crippen LogP contribution < -0.4 is 0 Å². The summed E-state index contributed by atoms with van der Waals surface area (Å²) in [6.45, 7) is 10.5. The van der Waals surface area contributed by atoms with Crippen LogP contribution in [0, 0.1) is 11.8 Å². The molecule has 2 aliphatic heterocycles. The van der Waals surface area contributed by atoms with E-state index in [0.717, 1.165) is 12.8 Å². The van der Waals surface area contributed by atoms with Crippen molar-refractivity contribution < 1.29 is 19.1 Å². The van der Waals surface area contributed by atoms with E-state index >= 15 is 0 Å². The van der Waals surface area contributed by atoms with Gasteiger partial charge in [-0.1, -0.05) is 6.92 Å². The molecule has 0 bridgehead atoms. The largest absolute Gasteiger partial charge is 0.444 e. The Morgan fingerprint density at radius 1 is 1.13 bits per heavy atom. The summed E-state index contributed by atoms with van der Waals surface area (Å²) < 4.78 is 11.3. The Labute approximate surface area is 138 Å². The first-order chi connectivity index (χ1) is 10.7. The Hall–Kier alpha value is -1.30. The zero-order valence-corrected chi connectivity index (χ0v) is 14.6. The van der Waals surface area contributed by atoms with Crippen LogP contribution in [0.25, 0.3) is 0 Å². The molecule has 3 fully saturated rings. The maximum absolute atomic E-state index is 12.3. The maximum Gasteiger partial charge on any atom is 0.410 e. The van der Waals surface area contributed by atoms with Crippen molar-refractivity contribution in [2.24, 2.45) is 11.8 Å². The fourth-order valence-corrected chi connectivity index (χ4v) is 3.69. The highest BCUT2D eigenvalue weighted by Gasteiger charge is 2.52. The van der Waals surface area contributed by atoms with E-state index in [4.69, 9.17) is 9.47 Å². The molecule has 1 aliphatic carbocycles. The Morgan fingerprint density at radius 3 is 2.30 bits per heavy atom. The molecule has 0 atom stereocenters. The molecular weight excluding hydrogens is 296 g/mol. The average molecular weight is 324 g/mol. The van der Waals surface area contributed by atoms with Crippen LogP contribution in [-0.2, 0) is 14.3 Å². The highest BCUT2D eigenvalue weighted by molar-refractivity contribution is 5.81. The average Bonchev–Trinajstić information content (AvgIpc) is 2.39. The van der Waals surface area contributed by atoms with Gasteiger partial charge in [-0.05, 0) is 39.5 Å². The van der Waals surface area contributed by atoms with Gasteiger partial charge in [0.25, 0.3) is 0 Å². The molecule has 0 aromatic heterocycles. The first kappa shape index (κ1) is 16.6. The lowest BCUT2D eigenvalue weighted by Crippen LogP contribution is -2.72. The van der Waals surface area contributed by atoms with Gasteiger partial charge < -0.3 is 19.3 Å². The molecule has 0 aromatic carbocycles. The zero-order valence-electron chi connectivity index (χ0n) is 14.6. The number of hydrogen-bond donors (Lipinski definition) is 0. The molecule has 3 aliphatic rings. The van der Waals surface area contributed by atoms with E-state index < -0.39 is 5.60 Å². The van der Waals surface area contributed by atoms with Crippen LogP contribution in [0.5, 0.6) is 0 Å². The Balaban J connectivity index is 1.52. The normalized spacial score (nSPS) is 29.7. The van der Waals surface area contributed by atoms with Crippen LogP contribution in [0.3, 0.4) is 0 Å². The number of carbonyl (C=O) groups is 2. The van der Waals surface area contributed by atoms with E-state index in [1.807, 2.05) is 25.7 Å². The number of rotatable bonds is 1. The molecule has 6 heteroatoms. The quantitative estimate of drug-likeness (QED) is 0.739. The lowest BCUT2D eigenvalue weighted by molar-refractivity contribution is -0.193. The van der Waals surface area contributed by atoms with Crippen LogP contribution >= 0.6 is 0 Å². The summed E-state index contributed by atoms with van der Waals surface area (Å²) in [5.41, 5.74) is -0.884. The van der Waals surface area contributed by atoms with Crippen molar-refractivity contribution in [3.8, 4) is 0 Å². The number of nitrogens with zero attached hydrogens (tertiary/aromatic N) is 2. The van der Waals surface area contributed by atoms with Crippen molar-refractivity contribution in [3.05, 3.63) is 0 Å². The molecule has 130 valence electrons. The molecule has 2 amide bonds. The first-order valence-corrected chi connectivity index (χ1v) is 8.58. The third kappa shape index (κ3) is 3.47. The van der Waals surface area contributed by atoms with Gasteiger partial charge in [0.15, 0.2) is 0 Å². The predicted octanol–water partition coefficient (Wildman–Crippen LogP) is 1.88. The summed E-state index contributed by atoms with van der Waals surface area (Å²) in [7, 11) is 0. The first-order valence-electron chi connectivity index (χ1n) is 8.58. The van der Waals surface area contributed by atoms with E-state index in [1.165, 1.54) is 0 Å². The van der Waals surface area contributed by atoms with E-state index in [-0.39, 0.29) is 23.5 Å². The molecule has 3 rings (SSSR count). The summed E-state index contributed by atoms with van der Waals surface area (Å²) in [5.74, 6) is 1.13. The molecule has 0 unspecified atom stereocenters. The molecule has 6 nitrogen and oxygen atoms in total. The molecular formula is C17H28N2O4. The van der Waals surface area contributed by atoms with Gasteiger partial charge in [-0.3, -0.25) is 4.79 Å². The van der Waals surface area contributed by atoms with E-state index in [9.17, 15) is 9.59 Å². The highest BCUT2D eigenvalue weighted by Crippen LogP contribution is 2.38. The van der Waals surface area contributed by atoms with Gasteiger partial charge in [-0.15, -0.1) is 0 Å². The number of hydrogen-bond acceptors (Lipinski definition) is 4. The third-order valence-corrected chi connectivity index (χ3v) is 4.89. The summed E-state index contributed by atoms with van der Waals surface area (Å²) >= 11 is 0. The summed E-state index contributed by atoms with van der Waals surface area (Å²) in [5, 5.41) is 0. The lowest BCUT2D eigenvalue weighted by atomic mass is 9.74. The summed E-state index contributed by atoms with van der Waals surface area (Å²) in [6.07, 6.45) is 1.72. The van der Waals surface area contributed by atoms with Crippen molar-refractivity contribution >= 4 is 12.0 Å². The minimum atomic E-state index is -0.495. The van der Waals surface area contributed by atoms with Crippen LogP contribution in [0.15, 0.2) is 0 Å². The summed E-state index contributed by atoms with van der Waals surface area (Å²) in [6, 6.07) is 0. The van der Waals surface area contributed by atoms with E-state index in [1.54, 1.807) is 4.90 Å². The molecule has 2 saturated heterocycles. The number of morpholine rings is 1. The van der Waals surface area contributed by atoms with Crippen LogP contribution in [0.4, 0.5) is 4.79 Å². The van der Waals surface area contributed by atoms with Gasteiger partial charge in [-0.2, -0.15) is 0 Å². The molecule has 1 saturated carbocycles. The van der Waals surface area contributed by atoms with Gasteiger partial charge in [0.1, 0.15) is 11.2 Å². The van der Waals surface area contributed by atoms with Gasteiger partial charge in [0.2, 0.25) is 5.91 Å². The van der Waals surface area contributed by atoms with E-state index in [2.05, 4.69) is 6.92 Å². The maximum atomic E-state index is 12.3. The van der Waals surface area contributed by atoms with Crippen LogP contribution in [0.2, 0.25) is 0 Å². The standard InChI is InChI=1S/C17H28N2O4/c1-12-7-13(8-12)14(20)19-10-17(11-19)9-18(5-6-22-17)15(21)23-16(2,3)4/h12-13H,5-11H2,1-4H3. The molecule has 0 aromatic rings. The number of likely N-dealkylation sites (tertiary alicyclic amines) is 1. The molecule has 1 spiro atoms. The smallest absolute Gasteiger partial charge is 0.410 e. The van der Waals surface area contributed by atoms with Gasteiger partial charge in [0, 0.05) is 12.5 Å². The Kier molecular flexibility index (Phi) is 4.07. The topological polar surface area (TPSA) is 59.1 Å². The van der Waals surface area contributed by atoms with Crippen molar-refractivity contribution in [3.63, 3.8) is 0 Å². The fourth-order valence-electron chi connectivity index (χ4n) is 3.69. The molecule has 0 radical (unpaired) electrons. The van der Waals surface area contributed by atoms with Crippen molar-refractivity contribution in [2.75, 3.05) is 32.8 Å². The van der Waals surface area contributed by atoms with E-state index in [0.29, 0.717) is 38.7 Å². The number of carbonyl (C=O) groups excluding carboxylic acids is 2. The van der Waals surface area contributed by atoms with Crippen LogP contribution in [0.1, 0.15) is 40.5 Å². The van der Waals surface area contributed by atoms with Crippen LogP contribution in [-0.4, -0.2) is 65.8 Å². The second-order valence-electron chi connectivity index (χ2n) is 8.40. The van der Waals surface area contributed by atoms with Gasteiger partial charge in [-0.25, -0.2) is 4.79 Å². The monoisotopic (exact) mass is 324 g/mol. The summed E-state index contributed by atoms with van der Waals surface area (Å²) in [4.78, 5) is 28.2. The zero-order chi connectivity index (χ0) is 16.8. The minimum Gasteiger partial charge on any atom is -0.444 e. The molecule has 0 N–H and O–H groups in total. The third-order valence-electron chi connectivity index (χ3n) is 4.89. The second-order valence-corrected chi connectivity index (χ2v) is 8.40. The van der Waals surface area contributed by atoms with Crippen molar-refractivity contribution in [1.82, 2.24) is 9.80 Å². The predicted molar refractivity (Wildman–Crippen MR) is 85.0 cm³/mol. The molecule has 2 heterocycles. The Bertz CT molecular complexity index is 487. The van der Waals surface area contributed by atoms with Crippen molar-refractivity contribution in [1.29, 1.82) is 0 Å². The van der Waals surface area contributed by atoms with Crippen molar-refractivity contribution in [2.45, 2.75) is 51.7 Å². The SMILES string of the molecule is CC1CC(C(=O)N2CC3(CN(C(=O)OC(C)(C)C)CCO3)C2)C1. The minimum absolute atomic E-state index is 0.202. The van der Waals surface area contributed by atoms with Gasteiger partial charge >= 0.3 is 6.09 Å². The number of ether oxygens (including phenoxy) is 2. The number of amides is 2. The fraction of sp³-hybridized carbons (Fsp3) is 0.882. The molecule has 23 heavy (non-hydrogen) atoms. The Morgan fingerprint density at radius 2 is 1.74 bits per heavy atom. The second kappa shape index (κ2) is 5.65. The lowest BCUT2D eigenvalue weighted by Gasteiger charge is -2.54.